The van der Waals surface area contributed by atoms with E-state index in [2.05, 4.69) is 12.6 Å². The highest BCUT2D eigenvalue weighted by atomic mass is 32.1. The summed E-state index contributed by atoms with van der Waals surface area (Å²) in [7, 11) is 1.59. The average Bonchev–Trinajstić information content (AvgIpc) is 2.61. The van der Waals surface area contributed by atoms with Crippen LogP contribution in [0.3, 0.4) is 0 Å². The van der Waals surface area contributed by atoms with Gasteiger partial charge in [0, 0.05) is 28.4 Å². The number of methoxy groups -OCH3 is 1. The van der Waals surface area contributed by atoms with Gasteiger partial charge in [-0.15, -0.1) is 0 Å². The molecule has 0 radical (unpaired) electrons. The lowest BCUT2D eigenvalue weighted by atomic mass is 9.93. The summed E-state index contributed by atoms with van der Waals surface area (Å²) in [5, 5.41) is 1.51. The van der Waals surface area contributed by atoms with E-state index in [0.717, 1.165) is 36.8 Å². The maximum Gasteiger partial charge on any atom is 0.261 e. The second kappa shape index (κ2) is 7.26. The molecule has 0 unspecified atom stereocenters. The SMILES string of the molecule is COc1ccc2c3c(cccc13)C(=O)N(CCCCCCS)C2=O. The molecule has 0 aliphatic carbocycles. The molecule has 0 N–H and O–H groups in total. The van der Waals surface area contributed by atoms with Crippen molar-refractivity contribution in [2.45, 2.75) is 25.7 Å². The van der Waals surface area contributed by atoms with Crippen LogP contribution < -0.4 is 4.74 Å². The number of unbranched alkanes of at least 4 members (excludes halogenated alkanes) is 3. The third kappa shape index (κ3) is 2.88. The third-order valence-corrected chi connectivity index (χ3v) is 4.78. The van der Waals surface area contributed by atoms with E-state index < -0.39 is 0 Å². The molecule has 3 rings (SSSR count). The maximum absolute atomic E-state index is 12.8. The van der Waals surface area contributed by atoms with Crippen LogP contribution in [0.15, 0.2) is 30.3 Å². The van der Waals surface area contributed by atoms with Crippen molar-refractivity contribution in [2.75, 3.05) is 19.4 Å². The van der Waals surface area contributed by atoms with E-state index in [-0.39, 0.29) is 11.8 Å². The molecule has 4 nitrogen and oxygen atoms in total. The number of nitrogens with zero attached hydrogens (tertiary/aromatic N) is 1. The number of benzene rings is 2. The van der Waals surface area contributed by atoms with E-state index in [4.69, 9.17) is 4.74 Å². The summed E-state index contributed by atoms with van der Waals surface area (Å²) < 4.78 is 5.36. The second-order valence-corrected chi connectivity index (χ2v) is 6.39. The van der Waals surface area contributed by atoms with Crippen LogP contribution in [0.1, 0.15) is 46.4 Å². The van der Waals surface area contributed by atoms with Crippen molar-refractivity contribution in [2.24, 2.45) is 0 Å². The fraction of sp³-hybridized carbons (Fsp3) is 0.368. The van der Waals surface area contributed by atoms with Gasteiger partial charge >= 0.3 is 0 Å². The third-order valence-electron chi connectivity index (χ3n) is 4.46. The highest BCUT2D eigenvalue weighted by Crippen LogP contribution is 2.35. The van der Waals surface area contributed by atoms with Gasteiger partial charge < -0.3 is 4.74 Å². The van der Waals surface area contributed by atoms with E-state index in [9.17, 15) is 9.59 Å². The Hall–Kier alpha value is -2.01. The maximum atomic E-state index is 12.8. The minimum Gasteiger partial charge on any atom is -0.496 e. The number of carbonyl (C=O) groups excluding carboxylic acids is 2. The van der Waals surface area contributed by atoms with Crippen LogP contribution in [-0.4, -0.2) is 36.1 Å². The number of hydrogen-bond acceptors (Lipinski definition) is 4. The van der Waals surface area contributed by atoms with Gasteiger partial charge in [0.25, 0.3) is 11.8 Å². The van der Waals surface area contributed by atoms with E-state index >= 15 is 0 Å². The minimum absolute atomic E-state index is 0.208. The minimum atomic E-state index is -0.208. The summed E-state index contributed by atoms with van der Waals surface area (Å²) in [6.45, 7) is 0.464. The van der Waals surface area contributed by atoms with E-state index in [1.165, 1.54) is 4.90 Å². The normalized spacial score (nSPS) is 13.7. The molecule has 1 heterocycles. The van der Waals surface area contributed by atoms with Gasteiger partial charge in [-0.2, -0.15) is 12.6 Å². The van der Waals surface area contributed by atoms with Gasteiger partial charge in [0.1, 0.15) is 5.75 Å². The fourth-order valence-electron chi connectivity index (χ4n) is 3.24. The summed E-state index contributed by atoms with van der Waals surface area (Å²) in [5.41, 5.74) is 1.16. The van der Waals surface area contributed by atoms with Crippen molar-refractivity contribution in [3.63, 3.8) is 0 Å². The summed E-state index contributed by atoms with van der Waals surface area (Å²) in [6.07, 6.45) is 3.96. The molecule has 0 aromatic heterocycles. The molecular formula is C19H21NO3S. The first-order valence-electron chi connectivity index (χ1n) is 8.25. The molecule has 2 amide bonds. The molecular weight excluding hydrogens is 322 g/mol. The molecule has 0 saturated carbocycles. The summed E-state index contributed by atoms with van der Waals surface area (Å²) in [5.74, 6) is 1.14. The van der Waals surface area contributed by atoms with Crippen LogP contribution in [0.5, 0.6) is 5.75 Å². The number of amides is 2. The highest BCUT2D eigenvalue weighted by molar-refractivity contribution is 7.80. The molecule has 0 bridgehead atoms. The van der Waals surface area contributed by atoms with Crippen molar-refractivity contribution >= 4 is 35.2 Å². The summed E-state index contributed by atoms with van der Waals surface area (Å²) in [6, 6.07) is 9.05. The van der Waals surface area contributed by atoms with Crippen molar-refractivity contribution in [1.82, 2.24) is 4.90 Å². The standard InChI is InChI=1S/C19H21NO3S/c1-23-16-10-9-15-17-13(16)7-6-8-14(17)18(21)20(19(15)22)11-4-2-3-5-12-24/h6-10,24H,2-5,11-12H2,1H3. The van der Waals surface area contributed by atoms with Gasteiger partial charge in [0.2, 0.25) is 0 Å². The number of hydrogen-bond donors (Lipinski definition) is 1. The molecule has 126 valence electrons. The number of ether oxygens (including phenoxy) is 1. The van der Waals surface area contributed by atoms with E-state index in [1.54, 1.807) is 25.3 Å². The lowest BCUT2D eigenvalue weighted by Crippen LogP contribution is -2.40. The van der Waals surface area contributed by atoms with Gasteiger partial charge in [0.05, 0.1) is 7.11 Å². The van der Waals surface area contributed by atoms with E-state index in [0.29, 0.717) is 28.8 Å². The first-order chi connectivity index (χ1) is 11.7. The second-order valence-electron chi connectivity index (χ2n) is 5.94. The Morgan fingerprint density at radius 1 is 0.958 bits per heavy atom. The molecule has 1 aliphatic rings. The quantitative estimate of drug-likeness (QED) is 0.471. The van der Waals surface area contributed by atoms with Gasteiger partial charge in [0.15, 0.2) is 0 Å². The molecule has 0 atom stereocenters. The number of thiol groups is 1. The summed E-state index contributed by atoms with van der Waals surface area (Å²) in [4.78, 5) is 26.9. The van der Waals surface area contributed by atoms with Crippen LogP contribution in [0.25, 0.3) is 10.8 Å². The topological polar surface area (TPSA) is 46.6 Å². The first-order valence-corrected chi connectivity index (χ1v) is 8.89. The monoisotopic (exact) mass is 343 g/mol. The van der Waals surface area contributed by atoms with Crippen LogP contribution >= 0.6 is 12.6 Å². The van der Waals surface area contributed by atoms with E-state index in [1.807, 2.05) is 12.1 Å². The van der Waals surface area contributed by atoms with Gasteiger partial charge in [-0.3, -0.25) is 14.5 Å². The van der Waals surface area contributed by atoms with Crippen molar-refractivity contribution in [1.29, 1.82) is 0 Å². The number of imide groups is 1. The first kappa shape index (κ1) is 16.8. The zero-order chi connectivity index (χ0) is 17.1. The van der Waals surface area contributed by atoms with Crippen LogP contribution in [-0.2, 0) is 0 Å². The van der Waals surface area contributed by atoms with Gasteiger partial charge in [-0.05, 0) is 36.8 Å². The molecule has 0 saturated heterocycles. The Bertz CT molecular complexity index is 765. The van der Waals surface area contributed by atoms with Gasteiger partial charge in [-0.1, -0.05) is 25.0 Å². The molecule has 2 aromatic rings. The lowest BCUT2D eigenvalue weighted by molar-refractivity contribution is 0.0608. The number of carbonyl (C=O) groups is 2. The highest BCUT2D eigenvalue weighted by Gasteiger charge is 2.32. The van der Waals surface area contributed by atoms with Crippen molar-refractivity contribution in [3.05, 3.63) is 41.5 Å². The smallest absolute Gasteiger partial charge is 0.261 e. The number of rotatable bonds is 7. The Morgan fingerprint density at radius 2 is 1.67 bits per heavy atom. The predicted molar refractivity (Wildman–Crippen MR) is 98.2 cm³/mol. The average molecular weight is 343 g/mol. The van der Waals surface area contributed by atoms with Crippen LogP contribution in [0, 0.1) is 0 Å². The zero-order valence-electron chi connectivity index (χ0n) is 13.7. The van der Waals surface area contributed by atoms with Crippen molar-refractivity contribution < 1.29 is 14.3 Å². The molecule has 24 heavy (non-hydrogen) atoms. The zero-order valence-corrected chi connectivity index (χ0v) is 14.6. The fourth-order valence-corrected chi connectivity index (χ4v) is 3.46. The van der Waals surface area contributed by atoms with Gasteiger partial charge in [-0.25, -0.2) is 0 Å². The Labute approximate surface area is 147 Å². The largest absolute Gasteiger partial charge is 0.496 e. The summed E-state index contributed by atoms with van der Waals surface area (Å²) >= 11 is 4.20. The molecule has 5 heteroatoms. The molecule has 0 fully saturated rings. The van der Waals surface area contributed by atoms with Crippen molar-refractivity contribution in [3.8, 4) is 5.75 Å². The Kier molecular flexibility index (Phi) is 5.09. The lowest BCUT2D eigenvalue weighted by Gasteiger charge is -2.27. The van der Waals surface area contributed by atoms with Crippen LogP contribution in [0.4, 0.5) is 0 Å². The predicted octanol–water partition coefficient (Wildman–Crippen LogP) is 3.93. The molecule has 0 spiro atoms. The Morgan fingerprint density at radius 3 is 2.38 bits per heavy atom. The molecule has 1 aliphatic heterocycles. The molecule has 2 aromatic carbocycles. The Balaban J connectivity index is 1.91. The van der Waals surface area contributed by atoms with Crippen LogP contribution in [0.2, 0.25) is 0 Å².